The summed E-state index contributed by atoms with van der Waals surface area (Å²) in [4.78, 5) is 24.0. The highest BCUT2D eigenvalue weighted by atomic mass is 32.1. The Bertz CT molecular complexity index is 640. The van der Waals surface area contributed by atoms with Gasteiger partial charge in [-0.3, -0.25) is 13.9 Å². The molecule has 2 rings (SSSR count). The van der Waals surface area contributed by atoms with E-state index in [-0.39, 0.29) is 17.9 Å². The van der Waals surface area contributed by atoms with Crippen molar-refractivity contribution in [3.05, 3.63) is 49.4 Å². The van der Waals surface area contributed by atoms with E-state index in [2.05, 4.69) is 0 Å². The number of anilines is 1. The topological polar surface area (TPSA) is 70.0 Å². The van der Waals surface area contributed by atoms with E-state index in [9.17, 15) is 9.59 Å². The van der Waals surface area contributed by atoms with Crippen LogP contribution in [0.3, 0.4) is 0 Å². The maximum absolute atomic E-state index is 12.1. The van der Waals surface area contributed by atoms with E-state index in [1.165, 1.54) is 26.7 Å². The van der Waals surface area contributed by atoms with Gasteiger partial charge in [0.15, 0.2) is 0 Å². The molecule has 0 radical (unpaired) electrons. The lowest BCUT2D eigenvalue weighted by Gasteiger charge is -2.10. The van der Waals surface area contributed by atoms with E-state index in [0.29, 0.717) is 6.54 Å². The predicted octanol–water partition coefficient (Wildman–Crippen LogP) is 1.11. The number of hydrogen-bond acceptors (Lipinski definition) is 4. The summed E-state index contributed by atoms with van der Waals surface area (Å²) in [6.07, 6.45) is 2.24. The molecule has 0 saturated heterocycles. The van der Waals surface area contributed by atoms with E-state index < -0.39 is 5.56 Å². The van der Waals surface area contributed by atoms with Gasteiger partial charge in [-0.05, 0) is 28.8 Å². The SMILES string of the molecule is CCCn1cc(N)c(=O)n(Cc2ccsc2)c1=O. The van der Waals surface area contributed by atoms with Gasteiger partial charge in [0.25, 0.3) is 5.56 Å². The number of nitrogens with zero attached hydrogens (tertiary/aromatic N) is 2. The Kier molecular flexibility index (Phi) is 3.66. The molecule has 2 aromatic heterocycles. The van der Waals surface area contributed by atoms with Gasteiger partial charge in [0, 0.05) is 12.7 Å². The molecular formula is C12H15N3O2S. The van der Waals surface area contributed by atoms with Gasteiger partial charge >= 0.3 is 5.69 Å². The van der Waals surface area contributed by atoms with Crippen LogP contribution in [-0.4, -0.2) is 9.13 Å². The molecule has 0 aliphatic carbocycles. The first-order chi connectivity index (χ1) is 8.63. The molecule has 2 aromatic rings. The lowest BCUT2D eigenvalue weighted by Crippen LogP contribution is -2.40. The quantitative estimate of drug-likeness (QED) is 0.900. The van der Waals surface area contributed by atoms with Crippen molar-refractivity contribution in [3.63, 3.8) is 0 Å². The molecule has 0 spiro atoms. The van der Waals surface area contributed by atoms with Crippen LogP contribution in [0.4, 0.5) is 5.69 Å². The van der Waals surface area contributed by atoms with Gasteiger partial charge in [-0.15, -0.1) is 0 Å². The Labute approximate surface area is 108 Å². The molecule has 5 nitrogen and oxygen atoms in total. The van der Waals surface area contributed by atoms with Gasteiger partial charge < -0.3 is 5.73 Å². The Morgan fingerprint density at radius 2 is 2.17 bits per heavy atom. The fourth-order valence-corrected chi connectivity index (χ4v) is 2.44. The molecule has 0 aromatic carbocycles. The van der Waals surface area contributed by atoms with Crippen LogP contribution in [0.2, 0.25) is 0 Å². The van der Waals surface area contributed by atoms with Crippen LogP contribution in [0.15, 0.2) is 32.6 Å². The van der Waals surface area contributed by atoms with Crippen LogP contribution in [0.25, 0.3) is 0 Å². The van der Waals surface area contributed by atoms with E-state index in [1.807, 2.05) is 23.8 Å². The van der Waals surface area contributed by atoms with Crippen LogP contribution in [0.1, 0.15) is 18.9 Å². The average Bonchev–Trinajstić information content (AvgIpc) is 2.85. The molecule has 18 heavy (non-hydrogen) atoms. The summed E-state index contributed by atoms with van der Waals surface area (Å²) in [6.45, 7) is 2.81. The highest BCUT2D eigenvalue weighted by molar-refractivity contribution is 7.07. The zero-order valence-corrected chi connectivity index (χ0v) is 10.9. The number of hydrogen-bond donors (Lipinski definition) is 1. The molecule has 2 N–H and O–H groups in total. The van der Waals surface area contributed by atoms with Crippen molar-refractivity contribution in [2.24, 2.45) is 0 Å². The number of thiophene rings is 1. The molecule has 2 heterocycles. The second kappa shape index (κ2) is 5.22. The molecule has 0 fully saturated rings. The van der Waals surface area contributed by atoms with E-state index in [0.717, 1.165) is 12.0 Å². The zero-order chi connectivity index (χ0) is 13.1. The summed E-state index contributed by atoms with van der Waals surface area (Å²) in [5, 5.41) is 3.83. The Hall–Kier alpha value is -1.82. The molecule has 0 unspecified atom stereocenters. The van der Waals surface area contributed by atoms with Crippen molar-refractivity contribution in [3.8, 4) is 0 Å². The molecule has 0 saturated carbocycles. The van der Waals surface area contributed by atoms with Crippen LogP contribution in [-0.2, 0) is 13.1 Å². The number of rotatable bonds is 4. The highest BCUT2D eigenvalue weighted by Crippen LogP contribution is 2.06. The van der Waals surface area contributed by atoms with Gasteiger partial charge in [0.1, 0.15) is 5.69 Å². The molecule has 6 heteroatoms. The lowest BCUT2D eigenvalue weighted by molar-refractivity contribution is 0.574. The average molecular weight is 265 g/mol. The van der Waals surface area contributed by atoms with Gasteiger partial charge in [0.05, 0.1) is 6.54 Å². The minimum atomic E-state index is -0.418. The summed E-state index contributed by atoms with van der Waals surface area (Å²) in [6, 6.07) is 1.89. The standard InChI is InChI=1S/C12H15N3O2S/c1-2-4-14-7-10(13)11(16)15(12(14)17)6-9-3-5-18-8-9/h3,5,7-8H,2,4,6,13H2,1H3. The third-order valence-corrected chi connectivity index (χ3v) is 3.38. The first-order valence-electron chi connectivity index (χ1n) is 5.74. The maximum Gasteiger partial charge on any atom is 0.331 e. The second-order valence-electron chi connectivity index (χ2n) is 4.08. The van der Waals surface area contributed by atoms with Crippen molar-refractivity contribution in [2.45, 2.75) is 26.4 Å². The van der Waals surface area contributed by atoms with Crippen molar-refractivity contribution in [2.75, 3.05) is 5.73 Å². The third-order valence-electron chi connectivity index (χ3n) is 2.65. The number of aryl methyl sites for hydroxylation is 1. The second-order valence-corrected chi connectivity index (χ2v) is 4.86. The Morgan fingerprint density at radius 1 is 1.39 bits per heavy atom. The molecule has 0 bridgehead atoms. The lowest BCUT2D eigenvalue weighted by atomic mass is 10.3. The largest absolute Gasteiger partial charge is 0.393 e. The summed E-state index contributed by atoms with van der Waals surface area (Å²) >= 11 is 1.53. The van der Waals surface area contributed by atoms with Crippen LogP contribution < -0.4 is 17.0 Å². The molecule has 0 atom stereocenters. The minimum Gasteiger partial charge on any atom is -0.393 e. The van der Waals surface area contributed by atoms with Gasteiger partial charge in [-0.1, -0.05) is 6.92 Å². The van der Waals surface area contributed by atoms with Crippen LogP contribution in [0, 0.1) is 0 Å². The van der Waals surface area contributed by atoms with Crippen LogP contribution in [0.5, 0.6) is 0 Å². The molecule has 96 valence electrons. The molecule has 0 aliphatic rings. The van der Waals surface area contributed by atoms with Crippen molar-refractivity contribution < 1.29 is 0 Å². The smallest absolute Gasteiger partial charge is 0.331 e. The van der Waals surface area contributed by atoms with Crippen molar-refractivity contribution in [1.29, 1.82) is 0 Å². The number of aromatic nitrogens is 2. The Morgan fingerprint density at radius 3 is 2.78 bits per heavy atom. The first-order valence-corrected chi connectivity index (χ1v) is 6.68. The van der Waals surface area contributed by atoms with Crippen molar-refractivity contribution in [1.82, 2.24) is 9.13 Å². The third kappa shape index (κ3) is 2.38. The number of nitrogen functional groups attached to an aromatic ring is 1. The van der Waals surface area contributed by atoms with E-state index in [4.69, 9.17) is 5.73 Å². The Balaban J connectivity index is 2.51. The van der Waals surface area contributed by atoms with Gasteiger partial charge in [-0.2, -0.15) is 11.3 Å². The number of nitrogens with two attached hydrogens (primary N) is 1. The monoisotopic (exact) mass is 265 g/mol. The summed E-state index contributed by atoms with van der Waals surface area (Å²) < 4.78 is 2.68. The maximum atomic E-state index is 12.1. The fraction of sp³-hybridized carbons (Fsp3) is 0.333. The first kappa shape index (κ1) is 12.6. The minimum absolute atomic E-state index is 0.110. The zero-order valence-electron chi connectivity index (χ0n) is 10.1. The van der Waals surface area contributed by atoms with E-state index >= 15 is 0 Å². The normalized spacial score (nSPS) is 10.7. The van der Waals surface area contributed by atoms with Crippen LogP contribution >= 0.6 is 11.3 Å². The van der Waals surface area contributed by atoms with Crippen molar-refractivity contribution >= 4 is 17.0 Å². The molecular weight excluding hydrogens is 250 g/mol. The van der Waals surface area contributed by atoms with E-state index in [1.54, 1.807) is 0 Å². The fourth-order valence-electron chi connectivity index (χ4n) is 1.78. The summed E-state index contributed by atoms with van der Waals surface area (Å²) in [5.41, 5.74) is 5.98. The predicted molar refractivity (Wildman–Crippen MR) is 73.1 cm³/mol. The summed E-state index contributed by atoms with van der Waals surface area (Å²) in [5.74, 6) is 0. The van der Waals surface area contributed by atoms with Gasteiger partial charge in [-0.25, -0.2) is 4.79 Å². The highest BCUT2D eigenvalue weighted by Gasteiger charge is 2.09. The molecule has 0 aliphatic heterocycles. The van der Waals surface area contributed by atoms with Gasteiger partial charge in [0.2, 0.25) is 0 Å². The molecule has 0 amide bonds. The summed E-state index contributed by atoms with van der Waals surface area (Å²) in [7, 11) is 0.